The molecule has 0 bridgehead atoms. The van der Waals surface area contributed by atoms with E-state index in [4.69, 9.17) is 9.52 Å². The lowest BCUT2D eigenvalue weighted by molar-refractivity contribution is -0.139. The number of piperidine rings is 1. The first kappa shape index (κ1) is 26.7. The summed E-state index contributed by atoms with van der Waals surface area (Å²) in [5.74, 6) is -0.274. The fourth-order valence-corrected chi connectivity index (χ4v) is 5.67. The van der Waals surface area contributed by atoms with Gasteiger partial charge in [0.15, 0.2) is 0 Å². The molecule has 39 heavy (non-hydrogen) atoms. The van der Waals surface area contributed by atoms with Crippen molar-refractivity contribution in [3.05, 3.63) is 48.4 Å². The number of amides is 3. The number of aliphatic hydroxyl groups is 1. The quantitative estimate of drug-likeness (QED) is 0.356. The molecule has 2 aliphatic rings. The highest BCUT2D eigenvalue weighted by Crippen LogP contribution is 2.35. The molecule has 1 aromatic carbocycles. The standard InChI is InChI=1S/C29H34N4O6/c34-16-13-18-11-14-33(15-12-18)29(38)20-7-5-19(6-8-20)27(36)32-25-22-3-1-2-4-23(22)39-26(25)28(37)31-24-10-9-21(35)17-30-24/h1-4,9-10,17-20,34-35H,5-8,11-16H2,(H,32,36)(H,30,31,37). The molecule has 0 radical (unpaired) electrons. The van der Waals surface area contributed by atoms with Gasteiger partial charge in [-0.1, -0.05) is 12.1 Å². The molecule has 3 aromatic rings. The Morgan fingerprint density at radius 2 is 1.67 bits per heavy atom. The van der Waals surface area contributed by atoms with Crippen molar-refractivity contribution in [2.45, 2.75) is 44.9 Å². The number of aromatic hydroxyl groups is 1. The number of nitrogens with zero attached hydrogens (tertiary/aromatic N) is 2. The van der Waals surface area contributed by atoms with Gasteiger partial charge in [-0.2, -0.15) is 0 Å². The number of anilines is 2. The Labute approximate surface area is 226 Å². The van der Waals surface area contributed by atoms with Crippen LogP contribution >= 0.6 is 0 Å². The minimum atomic E-state index is -0.572. The Balaban J connectivity index is 1.22. The zero-order valence-corrected chi connectivity index (χ0v) is 21.8. The highest BCUT2D eigenvalue weighted by atomic mass is 16.3. The molecule has 3 amide bonds. The average molecular weight is 535 g/mol. The van der Waals surface area contributed by atoms with Gasteiger partial charge in [0.05, 0.1) is 6.20 Å². The van der Waals surface area contributed by atoms with Crippen molar-refractivity contribution in [1.29, 1.82) is 0 Å². The van der Waals surface area contributed by atoms with Crippen LogP contribution in [0.4, 0.5) is 11.5 Å². The molecule has 2 aromatic heterocycles. The molecule has 1 saturated heterocycles. The average Bonchev–Trinajstić information content (AvgIpc) is 3.33. The summed E-state index contributed by atoms with van der Waals surface area (Å²) in [7, 11) is 0. The molecule has 2 fully saturated rings. The van der Waals surface area contributed by atoms with Gasteiger partial charge >= 0.3 is 0 Å². The third kappa shape index (κ3) is 6.06. The maximum atomic E-state index is 13.3. The Kier molecular flexibility index (Phi) is 8.11. The molecular formula is C29H34N4O6. The number of carbonyl (C=O) groups is 3. The third-order valence-electron chi connectivity index (χ3n) is 7.95. The first-order chi connectivity index (χ1) is 18.9. The zero-order valence-electron chi connectivity index (χ0n) is 21.8. The second-order valence-corrected chi connectivity index (χ2v) is 10.5. The maximum absolute atomic E-state index is 13.3. The molecule has 0 spiro atoms. The summed E-state index contributed by atoms with van der Waals surface area (Å²) >= 11 is 0. The first-order valence-corrected chi connectivity index (χ1v) is 13.6. The van der Waals surface area contributed by atoms with Gasteiger partial charge < -0.3 is 30.2 Å². The predicted octanol–water partition coefficient (Wildman–Crippen LogP) is 4.15. The zero-order chi connectivity index (χ0) is 27.4. The number of hydrogen-bond donors (Lipinski definition) is 4. The van der Waals surface area contributed by atoms with E-state index < -0.39 is 5.91 Å². The van der Waals surface area contributed by atoms with Crippen LogP contribution in [0.3, 0.4) is 0 Å². The van der Waals surface area contributed by atoms with Crippen LogP contribution in [-0.4, -0.2) is 57.5 Å². The summed E-state index contributed by atoms with van der Waals surface area (Å²) in [6.07, 6.45) is 6.38. The molecule has 0 unspecified atom stereocenters. The summed E-state index contributed by atoms with van der Waals surface area (Å²) in [5.41, 5.74) is 0.768. The van der Waals surface area contributed by atoms with Crippen molar-refractivity contribution >= 4 is 40.2 Å². The second kappa shape index (κ2) is 11.9. The van der Waals surface area contributed by atoms with Crippen LogP contribution in [0.5, 0.6) is 5.75 Å². The molecule has 206 valence electrons. The number of rotatable bonds is 7. The Morgan fingerprint density at radius 3 is 2.36 bits per heavy atom. The SMILES string of the molecule is O=C(Nc1ccc(O)cn1)c1oc2ccccc2c1NC(=O)C1CCC(C(=O)N2CCC(CCO)CC2)CC1. The number of para-hydroxylation sites is 1. The predicted molar refractivity (Wildman–Crippen MR) is 145 cm³/mol. The fourth-order valence-electron chi connectivity index (χ4n) is 5.67. The van der Waals surface area contributed by atoms with Gasteiger partial charge in [-0.25, -0.2) is 4.98 Å². The number of nitrogens with one attached hydrogen (secondary N) is 2. The molecule has 10 heteroatoms. The summed E-state index contributed by atoms with van der Waals surface area (Å²) in [6.45, 7) is 1.67. The molecule has 5 rings (SSSR count). The van der Waals surface area contributed by atoms with Crippen LogP contribution in [-0.2, 0) is 9.59 Å². The van der Waals surface area contributed by atoms with Gasteiger partial charge in [0.1, 0.15) is 22.8 Å². The molecule has 1 saturated carbocycles. The minimum absolute atomic E-state index is 0.0243. The number of carbonyl (C=O) groups excluding carboxylic acids is 3. The Bertz CT molecular complexity index is 1320. The molecule has 4 N–H and O–H groups in total. The van der Waals surface area contributed by atoms with Gasteiger partial charge in [-0.05, 0) is 75.1 Å². The number of furan rings is 1. The van der Waals surface area contributed by atoms with E-state index in [0.717, 1.165) is 32.4 Å². The van der Waals surface area contributed by atoms with Gasteiger partial charge in [0, 0.05) is 36.9 Å². The molecule has 3 heterocycles. The van der Waals surface area contributed by atoms with E-state index in [0.29, 0.717) is 48.3 Å². The van der Waals surface area contributed by atoms with Gasteiger partial charge in [0.25, 0.3) is 5.91 Å². The van der Waals surface area contributed by atoms with E-state index in [-0.39, 0.29) is 47.6 Å². The Hall–Kier alpha value is -3.92. The topological polar surface area (TPSA) is 145 Å². The lowest BCUT2D eigenvalue weighted by Gasteiger charge is -2.36. The highest BCUT2D eigenvalue weighted by molar-refractivity contribution is 6.14. The smallest absolute Gasteiger partial charge is 0.294 e. The number of pyridine rings is 1. The Morgan fingerprint density at radius 1 is 0.949 bits per heavy atom. The van der Waals surface area contributed by atoms with Crippen molar-refractivity contribution in [3.63, 3.8) is 0 Å². The van der Waals surface area contributed by atoms with E-state index in [1.54, 1.807) is 24.3 Å². The normalized spacial score (nSPS) is 20.1. The lowest BCUT2D eigenvalue weighted by atomic mass is 9.80. The summed E-state index contributed by atoms with van der Waals surface area (Å²) in [4.78, 5) is 45.4. The second-order valence-electron chi connectivity index (χ2n) is 10.5. The van der Waals surface area contributed by atoms with E-state index in [2.05, 4.69) is 15.6 Å². The number of benzene rings is 1. The summed E-state index contributed by atoms with van der Waals surface area (Å²) < 4.78 is 5.82. The number of aliphatic hydroxyl groups excluding tert-OH is 1. The minimum Gasteiger partial charge on any atom is -0.506 e. The van der Waals surface area contributed by atoms with Crippen LogP contribution in [0, 0.1) is 17.8 Å². The van der Waals surface area contributed by atoms with Crippen molar-refractivity contribution in [3.8, 4) is 5.75 Å². The summed E-state index contributed by atoms with van der Waals surface area (Å²) in [6, 6.07) is 9.97. The van der Waals surface area contributed by atoms with E-state index in [1.165, 1.54) is 18.3 Å². The monoisotopic (exact) mass is 534 g/mol. The first-order valence-electron chi connectivity index (χ1n) is 13.6. The fraction of sp³-hybridized carbons (Fsp3) is 0.448. The number of fused-ring (bicyclic) bond motifs is 1. The van der Waals surface area contributed by atoms with Gasteiger partial charge in [0.2, 0.25) is 17.6 Å². The van der Waals surface area contributed by atoms with Crippen LogP contribution in [0.1, 0.15) is 55.5 Å². The van der Waals surface area contributed by atoms with Crippen molar-refractivity contribution in [2.75, 3.05) is 30.3 Å². The van der Waals surface area contributed by atoms with Crippen LogP contribution in [0.15, 0.2) is 47.0 Å². The molecular weight excluding hydrogens is 500 g/mol. The van der Waals surface area contributed by atoms with Crippen LogP contribution in [0.25, 0.3) is 11.0 Å². The van der Waals surface area contributed by atoms with Crippen LogP contribution in [0.2, 0.25) is 0 Å². The number of aromatic nitrogens is 1. The number of likely N-dealkylation sites (tertiary alicyclic amines) is 1. The van der Waals surface area contributed by atoms with E-state index in [1.807, 2.05) is 4.90 Å². The number of hydrogen-bond acceptors (Lipinski definition) is 7. The van der Waals surface area contributed by atoms with Gasteiger partial charge in [-0.15, -0.1) is 0 Å². The van der Waals surface area contributed by atoms with E-state index >= 15 is 0 Å². The third-order valence-corrected chi connectivity index (χ3v) is 7.95. The lowest BCUT2D eigenvalue weighted by Crippen LogP contribution is -2.43. The molecule has 10 nitrogen and oxygen atoms in total. The van der Waals surface area contributed by atoms with Gasteiger partial charge in [-0.3, -0.25) is 14.4 Å². The highest BCUT2D eigenvalue weighted by Gasteiger charge is 2.34. The molecule has 0 atom stereocenters. The van der Waals surface area contributed by atoms with Crippen molar-refractivity contribution < 1.29 is 29.0 Å². The van der Waals surface area contributed by atoms with Crippen molar-refractivity contribution in [2.24, 2.45) is 17.8 Å². The molecule has 1 aliphatic carbocycles. The van der Waals surface area contributed by atoms with E-state index in [9.17, 15) is 19.5 Å². The summed E-state index contributed by atoms with van der Waals surface area (Å²) in [5, 5.41) is 24.8. The molecule has 1 aliphatic heterocycles. The maximum Gasteiger partial charge on any atom is 0.294 e. The van der Waals surface area contributed by atoms with Crippen molar-refractivity contribution in [1.82, 2.24) is 9.88 Å². The largest absolute Gasteiger partial charge is 0.506 e. The van der Waals surface area contributed by atoms with Crippen LogP contribution < -0.4 is 10.6 Å².